The lowest BCUT2D eigenvalue weighted by Crippen LogP contribution is -2.18. The van der Waals surface area contributed by atoms with Crippen LogP contribution in [0.3, 0.4) is 0 Å². The van der Waals surface area contributed by atoms with Crippen LogP contribution in [0.2, 0.25) is 0 Å². The predicted molar refractivity (Wildman–Crippen MR) is 96.7 cm³/mol. The monoisotopic (exact) mass is 355 g/mol. The Morgan fingerprint density at radius 2 is 2.16 bits per heavy atom. The van der Waals surface area contributed by atoms with Gasteiger partial charge in [-0.3, -0.25) is 4.98 Å². The molecule has 0 bridgehead atoms. The molecule has 0 saturated carbocycles. The van der Waals surface area contributed by atoms with E-state index in [-0.39, 0.29) is 11.9 Å². The molecule has 0 spiro atoms. The smallest absolute Gasteiger partial charge is 0.174 e. The van der Waals surface area contributed by atoms with Gasteiger partial charge in [0.2, 0.25) is 0 Å². The SMILES string of the molecule is Cc1cc(C)n(-c2cncc(NC3CCSc4c(F)cccc43)n2)n1. The number of hydrogen-bond acceptors (Lipinski definition) is 5. The van der Waals surface area contributed by atoms with Crippen molar-refractivity contribution in [2.45, 2.75) is 31.2 Å². The summed E-state index contributed by atoms with van der Waals surface area (Å²) in [4.78, 5) is 9.65. The number of nitrogens with one attached hydrogen (secondary N) is 1. The van der Waals surface area contributed by atoms with Crippen molar-refractivity contribution in [3.63, 3.8) is 0 Å². The number of fused-ring (bicyclic) bond motifs is 1. The van der Waals surface area contributed by atoms with Gasteiger partial charge >= 0.3 is 0 Å². The maximum absolute atomic E-state index is 14.0. The van der Waals surface area contributed by atoms with E-state index in [4.69, 9.17) is 0 Å². The molecule has 2 aromatic heterocycles. The van der Waals surface area contributed by atoms with E-state index in [9.17, 15) is 4.39 Å². The van der Waals surface area contributed by atoms with E-state index < -0.39 is 0 Å². The molecule has 1 atom stereocenters. The molecule has 1 aliphatic heterocycles. The second kappa shape index (κ2) is 6.48. The van der Waals surface area contributed by atoms with Gasteiger partial charge in [0.05, 0.1) is 24.1 Å². The van der Waals surface area contributed by atoms with Crippen molar-refractivity contribution < 1.29 is 4.39 Å². The number of rotatable bonds is 3. The van der Waals surface area contributed by atoms with Crippen molar-refractivity contribution in [2.24, 2.45) is 0 Å². The third-order valence-corrected chi connectivity index (χ3v) is 5.36. The van der Waals surface area contributed by atoms with Crippen LogP contribution in [0.25, 0.3) is 5.82 Å². The Balaban J connectivity index is 1.64. The fourth-order valence-corrected chi connectivity index (χ4v) is 4.24. The first kappa shape index (κ1) is 16.1. The van der Waals surface area contributed by atoms with Crippen LogP contribution in [0.5, 0.6) is 0 Å². The Morgan fingerprint density at radius 1 is 1.28 bits per heavy atom. The van der Waals surface area contributed by atoms with Crippen LogP contribution >= 0.6 is 11.8 Å². The first-order valence-corrected chi connectivity index (χ1v) is 9.14. The molecule has 4 rings (SSSR count). The van der Waals surface area contributed by atoms with Crippen LogP contribution in [-0.2, 0) is 0 Å². The average Bonchev–Trinajstić information content (AvgIpc) is 2.95. The minimum Gasteiger partial charge on any atom is -0.362 e. The van der Waals surface area contributed by atoms with E-state index in [0.29, 0.717) is 11.6 Å². The van der Waals surface area contributed by atoms with Gasteiger partial charge < -0.3 is 5.32 Å². The van der Waals surface area contributed by atoms with Gasteiger partial charge in [-0.15, -0.1) is 11.8 Å². The molecule has 1 aliphatic rings. The van der Waals surface area contributed by atoms with Gasteiger partial charge in [-0.05, 0) is 38.0 Å². The van der Waals surface area contributed by atoms with E-state index in [2.05, 4.69) is 20.4 Å². The van der Waals surface area contributed by atoms with Crippen LogP contribution in [0.1, 0.15) is 29.4 Å². The quantitative estimate of drug-likeness (QED) is 0.768. The number of aryl methyl sites for hydroxylation is 2. The molecule has 1 unspecified atom stereocenters. The van der Waals surface area contributed by atoms with Gasteiger partial charge in [-0.25, -0.2) is 14.1 Å². The van der Waals surface area contributed by atoms with Crippen molar-refractivity contribution in [2.75, 3.05) is 11.1 Å². The van der Waals surface area contributed by atoms with Gasteiger partial charge in [-0.1, -0.05) is 12.1 Å². The summed E-state index contributed by atoms with van der Waals surface area (Å²) in [6.07, 6.45) is 4.29. The number of halogens is 1. The maximum Gasteiger partial charge on any atom is 0.174 e. The second-order valence-corrected chi connectivity index (χ2v) is 7.20. The highest BCUT2D eigenvalue weighted by Crippen LogP contribution is 2.39. The van der Waals surface area contributed by atoms with E-state index in [0.717, 1.165) is 34.0 Å². The Labute approximate surface area is 149 Å². The summed E-state index contributed by atoms with van der Waals surface area (Å²) in [5, 5.41) is 7.86. The molecule has 1 aromatic carbocycles. The van der Waals surface area contributed by atoms with Gasteiger partial charge in [0.1, 0.15) is 11.6 Å². The summed E-state index contributed by atoms with van der Waals surface area (Å²) in [5.41, 5.74) is 2.92. The molecule has 0 saturated heterocycles. The normalized spacial score (nSPS) is 16.5. The number of benzene rings is 1. The zero-order valence-electron chi connectivity index (χ0n) is 14.0. The fraction of sp³-hybridized carbons (Fsp3) is 0.278. The number of anilines is 1. The molecule has 0 radical (unpaired) electrons. The van der Waals surface area contributed by atoms with E-state index in [1.54, 1.807) is 34.9 Å². The molecular weight excluding hydrogens is 337 g/mol. The third kappa shape index (κ3) is 3.11. The zero-order valence-corrected chi connectivity index (χ0v) is 14.8. The molecule has 25 heavy (non-hydrogen) atoms. The molecule has 0 fully saturated rings. The van der Waals surface area contributed by atoms with Gasteiger partial charge in [0.15, 0.2) is 5.82 Å². The third-order valence-electron chi connectivity index (χ3n) is 4.20. The summed E-state index contributed by atoms with van der Waals surface area (Å²) in [6, 6.07) is 7.26. The summed E-state index contributed by atoms with van der Waals surface area (Å²) in [6.45, 7) is 3.93. The minimum atomic E-state index is -0.156. The zero-order chi connectivity index (χ0) is 17.4. The molecule has 3 heterocycles. The van der Waals surface area contributed by atoms with Gasteiger partial charge in [-0.2, -0.15) is 5.10 Å². The van der Waals surface area contributed by atoms with E-state index in [1.165, 1.54) is 6.07 Å². The Bertz CT molecular complexity index is 924. The lowest BCUT2D eigenvalue weighted by Gasteiger charge is -2.26. The number of thioether (sulfide) groups is 1. The molecule has 128 valence electrons. The fourth-order valence-electron chi connectivity index (χ4n) is 3.10. The molecule has 3 aromatic rings. The summed E-state index contributed by atoms with van der Waals surface area (Å²) < 4.78 is 15.8. The number of aromatic nitrogens is 4. The Kier molecular flexibility index (Phi) is 4.17. The molecule has 7 heteroatoms. The largest absolute Gasteiger partial charge is 0.362 e. The van der Waals surface area contributed by atoms with Gasteiger partial charge in [0.25, 0.3) is 0 Å². The van der Waals surface area contributed by atoms with Crippen molar-refractivity contribution >= 4 is 17.6 Å². The lowest BCUT2D eigenvalue weighted by molar-refractivity contribution is 0.584. The Hall–Kier alpha value is -2.41. The summed E-state index contributed by atoms with van der Waals surface area (Å²) >= 11 is 1.57. The van der Waals surface area contributed by atoms with Crippen molar-refractivity contribution in [1.82, 2.24) is 19.7 Å². The van der Waals surface area contributed by atoms with Crippen LogP contribution < -0.4 is 5.32 Å². The molecule has 0 aliphatic carbocycles. The molecule has 0 amide bonds. The van der Waals surface area contributed by atoms with E-state index in [1.807, 2.05) is 26.0 Å². The van der Waals surface area contributed by atoms with Crippen LogP contribution in [-0.4, -0.2) is 25.5 Å². The predicted octanol–water partition coefficient (Wildman–Crippen LogP) is 4.07. The van der Waals surface area contributed by atoms with Gasteiger partial charge in [0, 0.05) is 16.3 Å². The van der Waals surface area contributed by atoms with Crippen LogP contribution in [0.15, 0.2) is 41.6 Å². The van der Waals surface area contributed by atoms with Crippen molar-refractivity contribution in [1.29, 1.82) is 0 Å². The first-order chi connectivity index (χ1) is 12.1. The second-order valence-electron chi connectivity index (χ2n) is 6.09. The van der Waals surface area contributed by atoms with Crippen LogP contribution in [0.4, 0.5) is 10.2 Å². The summed E-state index contributed by atoms with van der Waals surface area (Å²) in [5.74, 6) is 2.05. The minimum absolute atomic E-state index is 0.0250. The summed E-state index contributed by atoms with van der Waals surface area (Å²) in [7, 11) is 0. The highest BCUT2D eigenvalue weighted by molar-refractivity contribution is 7.99. The molecule has 1 N–H and O–H groups in total. The van der Waals surface area contributed by atoms with Crippen molar-refractivity contribution in [3.8, 4) is 5.82 Å². The lowest BCUT2D eigenvalue weighted by atomic mass is 10.0. The highest BCUT2D eigenvalue weighted by Gasteiger charge is 2.23. The topological polar surface area (TPSA) is 55.6 Å². The van der Waals surface area contributed by atoms with Crippen LogP contribution in [0, 0.1) is 19.7 Å². The van der Waals surface area contributed by atoms with Crippen molar-refractivity contribution in [3.05, 3.63) is 59.4 Å². The average molecular weight is 355 g/mol. The van der Waals surface area contributed by atoms with E-state index >= 15 is 0 Å². The first-order valence-electron chi connectivity index (χ1n) is 8.15. The maximum atomic E-state index is 14.0. The standard InChI is InChI=1S/C18H18FN5S/c1-11-8-12(2)24(23-11)17-10-20-9-16(22-17)21-15-6-7-25-18-13(15)4-3-5-14(18)19/h3-5,8-10,15H,6-7H2,1-2H3,(H,21,22). The number of hydrogen-bond donors (Lipinski definition) is 1. The Morgan fingerprint density at radius 3 is 2.96 bits per heavy atom. The number of nitrogens with zero attached hydrogens (tertiary/aromatic N) is 4. The highest BCUT2D eigenvalue weighted by atomic mass is 32.2. The molecule has 5 nitrogen and oxygen atoms in total. The molecular formula is C18H18FN5S.